The quantitative estimate of drug-likeness (QED) is 0.695. The molecular weight excluding hydrogens is 210 g/mol. The zero-order valence-corrected chi connectivity index (χ0v) is 10.1. The van der Waals surface area contributed by atoms with Crippen molar-refractivity contribution in [3.8, 4) is 0 Å². The Labute approximate surface area is 94.1 Å². The van der Waals surface area contributed by atoms with E-state index in [1.807, 2.05) is 24.6 Å². The first kappa shape index (κ1) is 10.4. The van der Waals surface area contributed by atoms with E-state index in [1.54, 1.807) is 0 Å². The summed E-state index contributed by atoms with van der Waals surface area (Å²) in [5, 5.41) is 5.03. The van der Waals surface area contributed by atoms with Crippen molar-refractivity contribution in [1.29, 1.82) is 0 Å². The fraction of sp³-hybridized carbons (Fsp3) is 0.455. The summed E-state index contributed by atoms with van der Waals surface area (Å²) in [6, 6.07) is 2.38. The molecule has 3 nitrogen and oxygen atoms in total. The van der Waals surface area contributed by atoms with Gasteiger partial charge in [0.25, 0.3) is 0 Å². The molecule has 0 radical (unpaired) electrons. The van der Waals surface area contributed by atoms with Gasteiger partial charge in [0.05, 0.1) is 11.2 Å². The summed E-state index contributed by atoms with van der Waals surface area (Å²) in [5.41, 5.74) is 3.88. The van der Waals surface area contributed by atoms with Crippen molar-refractivity contribution >= 4 is 22.6 Å². The van der Waals surface area contributed by atoms with Crippen molar-refractivity contribution in [3.05, 3.63) is 22.5 Å². The van der Waals surface area contributed by atoms with Gasteiger partial charge in [-0.25, -0.2) is 4.98 Å². The molecule has 15 heavy (non-hydrogen) atoms. The Hall–Kier alpha value is -1.09. The van der Waals surface area contributed by atoms with Gasteiger partial charge in [0.15, 0.2) is 0 Å². The normalized spacial score (nSPS) is 11.6. The summed E-state index contributed by atoms with van der Waals surface area (Å²) in [7, 11) is 0. The van der Waals surface area contributed by atoms with Crippen LogP contribution in [0, 0.1) is 13.8 Å². The highest BCUT2D eigenvalue weighted by Crippen LogP contribution is 2.24. The lowest BCUT2D eigenvalue weighted by Crippen LogP contribution is -2.02. The Bertz CT molecular complexity index is 514. The molecule has 0 N–H and O–H groups in total. The van der Waals surface area contributed by atoms with Gasteiger partial charge in [0, 0.05) is 6.04 Å². The van der Waals surface area contributed by atoms with Gasteiger partial charge in [-0.1, -0.05) is 11.6 Å². The lowest BCUT2D eigenvalue weighted by atomic mass is 10.2. The standard InChI is InChI=1S/C11H14ClN3/c1-6(2)15-9-5-7(3)11(12)13-10(9)8(4)14-15/h5-6H,1-4H3. The first-order chi connectivity index (χ1) is 7.00. The number of hydrogen-bond acceptors (Lipinski definition) is 2. The van der Waals surface area contributed by atoms with Crippen LogP contribution in [0.1, 0.15) is 31.1 Å². The largest absolute Gasteiger partial charge is 0.260 e. The highest BCUT2D eigenvalue weighted by molar-refractivity contribution is 6.30. The van der Waals surface area contributed by atoms with Crippen molar-refractivity contribution in [1.82, 2.24) is 14.8 Å². The van der Waals surface area contributed by atoms with E-state index in [-0.39, 0.29) is 0 Å². The molecule has 0 unspecified atom stereocenters. The minimum Gasteiger partial charge on any atom is -0.260 e. The molecule has 2 aromatic heterocycles. The number of fused-ring (bicyclic) bond motifs is 1. The predicted octanol–water partition coefficient (Wildman–Crippen LogP) is 3.28. The number of hydrogen-bond donors (Lipinski definition) is 0. The molecule has 0 saturated carbocycles. The highest BCUT2D eigenvalue weighted by atomic mass is 35.5. The fourth-order valence-corrected chi connectivity index (χ4v) is 1.81. The Morgan fingerprint density at radius 3 is 2.60 bits per heavy atom. The summed E-state index contributed by atoms with van der Waals surface area (Å²) < 4.78 is 1.99. The monoisotopic (exact) mass is 223 g/mol. The van der Waals surface area contributed by atoms with Crippen LogP contribution in [0.4, 0.5) is 0 Å². The number of rotatable bonds is 1. The molecule has 80 valence electrons. The van der Waals surface area contributed by atoms with E-state index in [2.05, 4.69) is 23.9 Å². The summed E-state index contributed by atoms with van der Waals surface area (Å²) in [6.45, 7) is 8.13. The Morgan fingerprint density at radius 2 is 2.00 bits per heavy atom. The van der Waals surface area contributed by atoms with Crippen molar-refractivity contribution in [2.24, 2.45) is 0 Å². The molecular formula is C11H14ClN3. The zero-order valence-electron chi connectivity index (χ0n) is 9.37. The van der Waals surface area contributed by atoms with Crippen LogP contribution in [0.3, 0.4) is 0 Å². The van der Waals surface area contributed by atoms with Crippen LogP contribution in [0.25, 0.3) is 11.0 Å². The molecule has 0 aliphatic carbocycles. The lowest BCUT2D eigenvalue weighted by Gasteiger charge is -2.07. The van der Waals surface area contributed by atoms with Crippen LogP contribution in [-0.2, 0) is 0 Å². The molecule has 0 spiro atoms. The maximum absolute atomic E-state index is 6.00. The fourth-order valence-electron chi connectivity index (χ4n) is 1.67. The van der Waals surface area contributed by atoms with Crippen molar-refractivity contribution < 1.29 is 0 Å². The molecule has 0 atom stereocenters. The van der Waals surface area contributed by atoms with E-state index in [1.165, 1.54) is 0 Å². The minimum atomic E-state index is 0.337. The second-order valence-electron chi connectivity index (χ2n) is 4.09. The molecule has 0 aliphatic heterocycles. The third-order valence-electron chi connectivity index (χ3n) is 2.47. The average molecular weight is 224 g/mol. The molecule has 4 heteroatoms. The van der Waals surface area contributed by atoms with Crippen molar-refractivity contribution in [2.45, 2.75) is 33.7 Å². The Balaban J connectivity index is 2.82. The van der Waals surface area contributed by atoms with Gasteiger partial charge >= 0.3 is 0 Å². The maximum atomic E-state index is 6.00. The average Bonchev–Trinajstić information content (AvgIpc) is 2.45. The second kappa shape index (κ2) is 3.49. The summed E-state index contributed by atoms with van der Waals surface area (Å²) in [5.74, 6) is 0. The zero-order chi connectivity index (χ0) is 11.2. The summed E-state index contributed by atoms with van der Waals surface area (Å²) in [4.78, 5) is 4.36. The van der Waals surface area contributed by atoms with Crippen LogP contribution in [-0.4, -0.2) is 14.8 Å². The third-order valence-corrected chi connectivity index (χ3v) is 2.85. The van der Waals surface area contributed by atoms with E-state index in [0.29, 0.717) is 11.2 Å². The minimum absolute atomic E-state index is 0.337. The van der Waals surface area contributed by atoms with Crippen LogP contribution < -0.4 is 0 Å². The lowest BCUT2D eigenvalue weighted by molar-refractivity contribution is 0.547. The van der Waals surface area contributed by atoms with Gasteiger partial charge in [0.1, 0.15) is 10.7 Å². The van der Waals surface area contributed by atoms with Crippen molar-refractivity contribution in [2.75, 3.05) is 0 Å². The highest BCUT2D eigenvalue weighted by Gasteiger charge is 2.12. The van der Waals surface area contributed by atoms with E-state index in [0.717, 1.165) is 22.3 Å². The van der Waals surface area contributed by atoms with Crippen LogP contribution in [0.5, 0.6) is 0 Å². The summed E-state index contributed by atoms with van der Waals surface area (Å²) >= 11 is 6.00. The number of nitrogens with zero attached hydrogens (tertiary/aromatic N) is 3. The number of halogens is 1. The first-order valence-corrected chi connectivity index (χ1v) is 5.40. The molecule has 0 aliphatic rings. The second-order valence-corrected chi connectivity index (χ2v) is 4.45. The van der Waals surface area contributed by atoms with E-state index >= 15 is 0 Å². The van der Waals surface area contributed by atoms with Crippen molar-refractivity contribution in [3.63, 3.8) is 0 Å². The van der Waals surface area contributed by atoms with Gasteiger partial charge in [0.2, 0.25) is 0 Å². The molecule has 0 saturated heterocycles. The smallest absolute Gasteiger partial charge is 0.132 e. The van der Waals surface area contributed by atoms with Crippen LogP contribution in [0.15, 0.2) is 6.07 Å². The summed E-state index contributed by atoms with van der Waals surface area (Å²) in [6.07, 6.45) is 0. The van der Waals surface area contributed by atoms with E-state index in [4.69, 9.17) is 11.6 Å². The van der Waals surface area contributed by atoms with Gasteiger partial charge in [-0.2, -0.15) is 5.10 Å². The van der Waals surface area contributed by atoms with Crippen LogP contribution in [0.2, 0.25) is 5.15 Å². The van der Waals surface area contributed by atoms with Crippen LogP contribution >= 0.6 is 11.6 Å². The molecule has 0 amide bonds. The molecule has 2 aromatic rings. The molecule has 0 aromatic carbocycles. The van der Waals surface area contributed by atoms with Gasteiger partial charge in [-0.05, 0) is 39.3 Å². The number of pyridine rings is 1. The molecule has 0 fully saturated rings. The number of aromatic nitrogens is 3. The SMILES string of the molecule is Cc1cc2c(nc1Cl)c(C)nn2C(C)C. The number of aryl methyl sites for hydroxylation is 2. The molecule has 0 bridgehead atoms. The van der Waals surface area contributed by atoms with E-state index < -0.39 is 0 Å². The predicted molar refractivity (Wildman–Crippen MR) is 62.4 cm³/mol. The van der Waals surface area contributed by atoms with Gasteiger partial charge < -0.3 is 0 Å². The Morgan fingerprint density at radius 1 is 1.33 bits per heavy atom. The molecule has 2 heterocycles. The molecule has 2 rings (SSSR count). The first-order valence-electron chi connectivity index (χ1n) is 5.02. The maximum Gasteiger partial charge on any atom is 0.132 e. The van der Waals surface area contributed by atoms with Gasteiger partial charge in [-0.3, -0.25) is 4.68 Å². The van der Waals surface area contributed by atoms with E-state index in [9.17, 15) is 0 Å². The Kier molecular flexibility index (Phi) is 2.43. The third kappa shape index (κ3) is 1.61. The topological polar surface area (TPSA) is 30.7 Å². The van der Waals surface area contributed by atoms with Gasteiger partial charge in [-0.15, -0.1) is 0 Å².